The zero-order chi connectivity index (χ0) is 15.2. The van der Waals surface area contributed by atoms with Crippen molar-refractivity contribution in [3.8, 4) is 11.5 Å². The van der Waals surface area contributed by atoms with E-state index in [1.54, 1.807) is 14.2 Å². The fraction of sp³-hybridized carbons (Fsp3) is 0.647. The van der Waals surface area contributed by atoms with Gasteiger partial charge in [0.25, 0.3) is 0 Å². The Hall–Kier alpha value is -1.26. The quantitative estimate of drug-likeness (QED) is 0.906. The topological polar surface area (TPSA) is 47.7 Å². The standard InChI is InChI=1S/C17H28N2O2/c1-13-7-5-4-6-10-19(13)12-16(18)15-9-8-14(20-2)11-17(15)21-3/h8-9,11,13,16H,4-7,10,12,18H2,1-3H3. The number of rotatable bonds is 5. The molecule has 4 heteroatoms. The summed E-state index contributed by atoms with van der Waals surface area (Å²) in [7, 11) is 3.34. The molecule has 1 aliphatic heterocycles. The van der Waals surface area contributed by atoms with Gasteiger partial charge < -0.3 is 15.2 Å². The molecule has 118 valence electrons. The molecule has 1 aromatic carbocycles. The molecule has 0 amide bonds. The van der Waals surface area contributed by atoms with E-state index in [-0.39, 0.29) is 6.04 Å². The van der Waals surface area contributed by atoms with E-state index < -0.39 is 0 Å². The smallest absolute Gasteiger partial charge is 0.127 e. The highest BCUT2D eigenvalue weighted by Gasteiger charge is 2.21. The van der Waals surface area contributed by atoms with Crippen LogP contribution >= 0.6 is 0 Å². The van der Waals surface area contributed by atoms with Crippen molar-refractivity contribution in [1.29, 1.82) is 0 Å². The molecule has 0 aliphatic carbocycles. The molecule has 0 spiro atoms. The lowest BCUT2D eigenvalue weighted by molar-refractivity contribution is 0.200. The Kier molecular flexibility index (Phi) is 5.88. The zero-order valence-electron chi connectivity index (χ0n) is 13.5. The predicted molar refractivity (Wildman–Crippen MR) is 86.0 cm³/mol. The van der Waals surface area contributed by atoms with Gasteiger partial charge in [0, 0.05) is 30.3 Å². The van der Waals surface area contributed by atoms with Crippen LogP contribution in [0.4, 0.5) is 0 Å². The first-order chi connectivity index (χ1) is 10.2. The molecule has 1 saturated heterocycles. The molecular formula is C17H28N2O2. The number of methoxy groups -OCH3 is 2. The first-order valence-electron chi connectivity index (χ1n) is 7.87. The van der Waals surface area contributed by atoms with E-state index in [9.17, 15) is 0 Å². The van der Waals surface area contributed by atoms with Crippen LogP contribution in [0.1, 0.15) is 44.2 Å². The highest BCUT2D eigenvalue weighted by atomic mass is 16.5. The molecule has 2 rings (SSSR count). The molecule has 2 atom stereocenters. The SMILES string of the molecule is COc1ccc(C(N)CN2CCCCCC2C)c(OC)c1. The fourth-order valence-corrected chi connectivity index (χ4v) is 3.08. The normalized spacial score (nSPS) is 21.6. The predicted octanol–water partition coefficient (Wildman–Crippen LogP) is 2.97. The van der Waals surface area contributed by atoms with Crippen LogP contribution in [-0.4, -0.2) is 38.3 Å². The molecule has 0 aromatic heterocycles. The number of benzene rings is 1. The third-order valence-electron chi connectivity index (χ3n) is 4.46. The molecule has 1 fully saturated rings. The molecule has 2 N–H and O–H groups in total. The summed E-state index contributed by atoms with van der Waals surface area (Å²) in [5.74, 6) is 1.61. The van der Waals surface area contributed by atoms with Crippen molar-refractivity contribution in [3.05, 3.63) is 23.8 Å². The first-order valence-corrected chi connectivity index (χ1v) is 7.87. The van der Waals surface area contributed by atoms with E-state index in [1.165, 1.54) is 25.7 Å². The van der Waals surface area contributed by atoms with Crippen molar-refractivity contribution in [2.24, 2.45) is 5.73 Å². The van der Waals surface area contributed by atoms with Crippen molar-refractivity contribution in [2.75, 3.05) is 27.3 Å². The van der Waals surface area contributed by atoms with E-state index in [1.807, 2.05) is 18.2 Å². The van der Waals surface area contributed by atoms with Crippen LogP contribution in [0.15, 0.2) is 18.2 Å². The van der Waals surface area contributed by atoms with Gasteiger partial charge in [-0.05, 0) is 32.4 Å². The summed E-state index contributed by atoms with van der Waals surface area (Å²) in [6, 6.07) is 6.45. The summed E-state index contributed by atoms with van der Waals surface area (Å²) < 4.78 is 10.7. The molecule has 1 heterocycles. The minimum absolute atomic E-state index is 0.0357. The molecule has 0 radical (unpaired) electrons. The van der Waals surface area contributed by atoms with Gasteiger partial charge >= 0.3 is 0 Å². The zero-order valence-corrected chi connectivity index (χ0v) is 13.5. The van der Waals surface area contributed by atoms with Crippen molar-refractivity contribution in [3.63, 3.8) is 0 Å². The molecule has 0 bridgehead atoms. The van der Waals surface area contributed by atoms with Crippen molar-refractivity contribution >= 4 is 0 Å². The van der Waals surface area contributed by atoms with Crippen LogP contribution in [0, 0.1) is 0 Å². The Bertz CT molecular complexity index is 450. The number of ether oxygens (including phenoxy) is 2. The average molecular weight is 292 g/mol. The summed E-state index contributed by atoms with van der Waals surface area (Å²) in [6.45, 7) is 4.33. The lowest BCUT2D eigenvalue weighted by atomic mass is 10.0. The molecule has 4 nitrogen and oxygen atoms in total. The summed E-state index contributed by atoms with van der Waals surface area (Å²) in [5, 5.41) is 0. The Morgan fingerprint density at radius 1 is 1.24 bits per heavy atom. The summed E-state index contributed by atoms with van der Waals surface area (Å²) in [5.41, 5.74) is 7.50. The Morgan fingerprint density at radius 3 is 2.76 bits per heavy atom. The Balaban J connectivity index is 2.10. The van der Waals surface area contributed by atoms with Crippen molar-refractivity contribution in [1.82, 2.24) is 4.90 Å². The van der Waals surface area contributed by atoms with Crippen LogP contribution in [0.5, 0.6) is 11.5 Å². The molecule has 0 saturated carbocycles. The Labute approximate surface area is 128 Å². The maximum Gasteiger partial charge on any atom is 0.127 e. The average Bonchev–Trinajstić information content (AvgIpc) is 2.71. The summed E-state index contributed by atoms with van der Waals surface area (Å²) in [4.78, 5) is 2.52. The van der Waals surface area contributed by atoms with E-state index in [2.05, 4.69) is 11.8 Å². The number of nitrogens with two attached hydrogens (primary N) is 1. The van der Waals surface area contributed by atoms with Gasteiger partial charge in [-0.2, -0.15) is 0 Å². The lowest BCUT2D eigenvalue weighted by Gasteiger charge is -2.30. The van der Waals surface area contributed by atoms with E-state index in [0.29, 0.717) is 6.04 Å². The number of hydrogen-bond acceptors (Lipinski definition) is 4. The van der Waals surface area contributed by atoms with Crippen LogP contribution < -0.4 is 15.2 Å². The maximum atomic E-state index is 6.44. The number of likely N-dealkylation sites (tertiary alicyclic amines) is 1. The Morgan fingerprint density at radius 2 is 2.05 bits per heavy atom. The second-order valence-electron chi connectivity index (χ2n) is 5.91. The van der Waals surface area contributed by atoms with Gasteiger partial charge in [0.05, 0.1) is 14.2 Å². The van der Waals surface area contributed by atoms with Gasteiger partial charge in [0.2, 0.25) is 0 Å². The maximum absolute atomic E-state index is 6.44. The van der Waals surface area contributed by atoms with Crippen LogP contribution in [0.25, 0.3) is 0 Å². The molecule has 21 heavy (non-hydrogen) atoms. The monoisotopic (exact) mass is 292 g/mol. The van der Waals surface area contributed by atoms with Gasteiger partial charge in [-0.1, -0.05) is 18.9 Å². The largest absolute Gasteiger partial charge is 0.497 e. The van der Waals surface area contributed by atoms with E-state index in [0.717, 1.165) is 30.2 Å². The van der Waals surface area contributed by atoms with Gasteiger partial charge in [0.15, 0.2) is 0 Å². The minimum atomic E-state index is -0.0357. The third kappa shape index (κ3) is 4.11. The van der Waals surface area contributed by atoms with Gasteiger partial charge in [-0.25, -0.2) is 0 Å². The van der Waals surface area contributed by atoms with Crippen LogP contribution in [-0.2, 0) is 0 Å². The van der Waals surface area contributed by atoms with Crippen molar-refractivity contribution in [2.45, 2.75) is 44.7 Å². The fourth-order valence-electron chi connectivity index (χ4n) is 3.08. The lowest BCUT2D eigenvalue weighted by Crippen LogP contribution is -2.38. The second kappa shape index (κ2) is 7.66. The number of nitrogens with zero attached hydrogens (tertiary/aromatic N) is 1. The summed E-state index contributed by atoms with van der Waals surface area (Å²) in [6.07, 6.45) is 5.21. The van der Waals surface area contributed by atoms with Crippen LogP contribution in [0.2, 0.25) is 0 Å². The first kappa shape index (κ1) is 16.1. The second-order valence-corrected chi connectivity index (χ2v) is 5.91. The third-order valence-corrected chi connectivity index (χ3v) is 4.46. The summed E-state index contributed by atoms with van der Waals surface area (Å²) >= 11 is 0. The van der Waals surface area contributed by atoms with Crippen LogP contribution in [0.3, 0.4) is 0 Å². The molecular weight excluding hydrogens is 264 g/mol. The van der Waals surface area contributed by atoms with E-state index in [4.69, 9.17) is 15.2 Å². The molecule has 1 aromatic rings. The van der Waals surface area contributed by atoms with Gasteiger partial charge in [-0.15, -0.1) is 0 Å². The van der Waals surface area contributed by atoms with E-state index >= 15 is 0 Å². The highest BCUT2D eigenvalue weighted by molar-refractivity contribution is 5.42. The molecule has 1 aliphatic rings. The minimum Gasteiger partial charge on any atom is -0.497 e. The van der Waals surface area contributed by atoms with Crippen molar-refractivity contribution < 1.29 is 9.47 Å². The molecule has 2 unspecified atom stereocenters. The highest BCUT2D eigenvalue weighted by Crippen LogP contribution is 2.29. The van der Waals surface area contributed by atoms with Gasteiger partial charge in [-0.3, -0.25) is 4.90 Å². The van der Waals surface area contributed by atoms with Gasteiger partial charge in [0.1, 0.15) is 11.5 Å². The number of hydrogen-bond donors (Lipinski definition) is 1.